The van der Waals surface area contributed by atoms with Crippen LogP contribution in [0.1, 0.15) is 29.1 Å². The maximum Gasteiger partial charge on any atom is 0.253 e. The van der Waals surface area contributed by atoms with E-state index in [-0.39, 0.29) is 11.9 Å². The summed E-state index contributed by atoms with van der Waals surface area (Å²) in [5.74, 6) is 0.603. The van der Waals surface area contributed by atoms with Crippen LogP contribution in [0.15, 0.2) is 36.7 Å². The van der Waals surface area contributed by atoms with Gasteiger partial charge in [0.25, 0.3) is 5.91 Å². The van der Waals surface area contributed by atoms with Crippen molar-refractivity contribution in [2.45, 2.75) is 13.0 Å². The fourth-order valence-corrected chi connectivity index (χ4v) is 2.00. The third kappa shape index (κ3) is 2.54. The van der Waals surface area contributed by atoms with Gasteiger partial charge in [0.2, 0.25) is 0 Å². The highest BCUT2D eigenvalue weighted by Crippen LogP contribution is 2.16. The molecule has 94 valence electrons. The molecule has 2 aromatic rings. The molecule has 1 unspecified atom stereocenters. The zero-order valence-corrected chi connectivity index (χ0v) is 11.0. The first kappa shape index (κ1) is 12.6. The quantitative estimate of drug-likeness (QED) is 0.925. The van der Waals surface area contributed by atoms with Crippen LogP contribution < -0.4 is 5.32 Å². The van der Waals surface area contributed by atoms with E-state index in [1.54, 1.807) is 30.5 Å². The predicted octanol–water partition coefficient (Wildman–Crippen LogP) is 2.56. The minimum atomic E-state index is -0.198. The van der Waals surface area contributed by atoms with Gasteiger partial charge in [0.15, 0.2) is 0 Å². The molecule has 5 heteroatoms. The SMILES string of the molecule is CC(NC(=O)c1ccccc1Cl)c1nccn1C. The average Bonchev–Trinajstić information content (AvgIpc) is 2.76. The third-order valence-electron chi connectivity index (χ3n) is 2.71. The van der Waals surface area contributed by atoms with Gasteiger partial charge in [0.1, 0.15) is 5.82 Å². The van der Waals surface area contributed by atoms with Crippen LogP contribution in [0.5, 0.6) is 0 Å². The summed E-state index contributed by atoms with van der Waals surface area (Å²) in [5, 5.41) is 3.32. The summed E-state index contributed by atoms with van der Waals surface area (Å²) >= 11 is 5.98. The molecule has 4 nitrogen and oxygen atoms in total. The fraction of sp³-hybridized carbons (Fsp3) is 0.231. The van der Waals surface area contributed by atoms with E-state index >= 15 is 0 Å². The Balaban J connectivity index is 2.13. The van der Waals surface area contributed by atoms with Gasteiger partial charge in [-0.25, -0.2) is 4.98 Å². The van der Waals surface area contributed by atoms with E-state index in [1.165, 1.54) is 0 Å². The van der Waals surface area contributed by atoms with E-state index in [1.807, 2.05) is 24.7 Å². The molecule has 1 aromatic carbocycles. The lowest BCUT2D eigenvalue weighted by Gasteiger charge is -2.14. The molecule has 1 aromatic heterocycles. The molecule has 0 bridgehead atoms. The largest absolute Gasteiger partial charge is 0.342 e. The molecule has 2 rings (SSSR count). The zero-order chi connectivity index (χ0) is 13.1. The second kappa shape index (κ2) is 5.23. The van der Waals surface area contributed by atoms with Crippen molar-refractivity contribution >= 4 is 17.5 Å². The number of aryl methyl sites for hydroxylation is 1. The van der Waals surface area contributed by atoms with Gasteiger partial charge >= 0.3 is 0 Å². The summed E-state index contributed by atoms with van der Waals surface area (Å²) in [6, 6.07) is 6.80. The summed E-state index contributed by atoms with van der Waals surface area (Å²) in [5.41, 5.74) is 0.472. The van der Waals surface area contributed by atoms with Crippen molar-refractivity contribution in [1.29, 1.82) is 0 Å². The number of nitrogens with zero attached hydrogens (tertiary/aromatic N) is 2. The lowest BCUT2D eigenvalue weighted by molar-refractivity contribution is 0.0938. The number of halogens is 1. The number of rotatable bonds is 3. The Hall–Kier alpha value is -1.81. The van der Waals surface area contributed by atoms with Gasteiger partial charge in [-0.1, -0.05) is 23.7 Å². The number of amides is 1. The number of benzene rings is 1. The third-order valence-corrected chi connectivity index (χ3v) is 3.04. The van der Waals surface area contributed by atoms with Crippen LogP contribution in [0.25, 0.3) is 0 Å². The van der Waals surface area contributed by atoms with Crippen molar-refractivity contribution in [3.63, 3.8) is 0 Å². The second-order valence-corrected chi connectivity index (χ2v) is 4.48. The molecule has 0 saturated carbocycles. The molecule has 18 heavy (non-hydrogen) atoms. The molecule has 0 saturated heterocycles. The second-order valence-electron chi connectivity index (χ2n) is 4.07. The molecular formula is C13H14ClN3O. The monoisotopic (exact) mass is 263 g/mol. The molecule has 0 aliphatic rings. The molecule has 1 amide bonds. The highest BCUT2D eigenvalue weighted by atomic mass is 35.5. The number of nitrogens with one attached hydrogen (secondary N) is 1. The molecule has 0 aliphatic heterocycles. The van der Waals surface area contributed by atoms with Crippen LogP contribution in [0, 0.1) is 0 Å². The maximum atomic E-state index is 12.0. The molecule has 1 heterocycles. The standard InChI is InChI=1S/C13H14ClN3O/c1-9(12-15-7-8-17(12)2)16-13(18)10-5-3-4-6-11(10)14/h3-9H,1-2H3,(H,16,18). The first-order valence-corrected chi connectivity index (χ1v) is 6.00. The molecule has 0 fully saturated rings. The van der Waals surface area contributed by atoms with Crippen molar-refractivity contribution in [1.82, 2.24) is 14.9 Å². The predicted molar refractivity (Wildman–Crippen MR) is 70.5 cm³/mol. The van der Waals surface area contributed by atoms with Crippen LogP contribution in [-0.4, -0.2) is 15.5 Å². The van der Waals surface area contributed by atoms with Gasteiger partial charge < -0.3 is 9.88 Å². The Morgan fingerprint density at radius 1 is 1.44 bits per heavy atom. The first-order chi connectivity index (χ1) is 8.59. The van der Waals surface area contributed by atoms with Crippen molar-refractivity contribution in [2.75, 3.05) is 0 Å². The zero-order valence-electron chi connectivity index (χ0n) is 10.2. The van der Waals surface area contributed by atoms with Gasteiger partial charge in [-0.15, -0.1) is 0 Å². The number of hydrogen-bond donors (Lipinski definition) is 1. The summed E-state index contributed by atoms with van der Waals surface area (Å²) in [6.45, 7) is 1.89. The van der Waals surface area contributed by atoms with E-state index in [4.69, 9.17) is 11.6 Å². The molecule has 1 N–H and O–H groups in total. The highest BCUT2D eigenvalue weighted by molar-refractivity contribution is 6.33. The fourth-order valence-electron chi connectivity index (χ4n) is 1.78. The molecule has 1 atom stereocenters. The Morgan fingerprint density at radius 3 is 2.78 bits per heavy atom. The molecule has 0 aliphatic carbocycles. The van der Waals surface area contributed by atoms with E-state index in [0.717, 1.165) is 5.82 Å². The van der Waals surface area contributed by atoms with Crippen molar-refractivity contribution in [3.05, 3.63) is 53.1 Å². The van der Waals surface area contributed by atoms with Gasteiger partial charge in [-0.05, 0) is 19.1 Å². The minimum absolute atomic E-state index is 0.172. The number of carbonyl (C=O) groups excluding carboxylic acids is 1. The molecule has 0 radical (unpaired) electrons. The smallest absolute Gasteiger partial charge is 0.253 e. The molecule has 0 spiro atoms. The topological polar surface area (TPSA) is 46.9 Å². The summed E-state index contributed by atoms with van der Waals surface area (Å²) in [7, 11) is 1.89. The van der Waals surface area contributed by atoms with Crippen LogP contribution in [0.4, 0.5) is 0 Å². The number of carbonyl (C=O) groups is 1. The normalized spacial score (nSPS) is 12.2. The Labute approximate surface area is 111 Å². The van der Waals surface area contributed by atoms with Crippen LogP contribution >= 0.6 is 11.6 Å². The van der Waals surface area contributed by atoms with Gasteiger partial charge in [0, 0.05) is 19.4 Å². The highest BCUT2D eigenvalue weighted by Gasteiger charge is 2.16. The van der Waals surface area contributed by atoms with Gasteiger partial charge in [-0.3, -0.25) is 4.79 Å². The van der Waals surface area contributed by atoms with Crippen molar-refractivity contribution in [2.24, 2.45) is 7.05 Å². The number of hydrogen-bond acceptors (Lipinski definition) is 2. The number of aromatic nitrogens is 2. The van der Waals surface area contributed by atoms with Crippen molar-refractivity contribution < 1.29 is 4.79 Å². The maximum absolute atomic E-state index is 12.0. The van der Waals surface area contributed by atoms with Crippen LogP contribution in [0.2, 0.25) is 5.02 Å². The minimum Gasteiger partial charge on any atom is -0.342 e. The Kier molecular flexibility index (Phi) is 3.67. The average molecular weight is 264 g/mol. The Bertz CT molecular complexity index is 565. The summed E-state index contributed by atoms with van der Waals surface area (Å²) < 4.78 is 1.87. The van der Waals surface area contributed by atoms with Gasteiger partial charge in [-0.2, -0.15) is 0 Å². The lowest BCUT2D eigenvalue weighted by atomic mass is 10.2. The van der Waals surface area contributed by atoms with E-state index in [2.05, 4.69) is 10.3 Å². The van der Waals surface area contributed by atoms with Gasteiger partial charge in [0.05, 0.1) is 16.6 Å². The van der Waals surface area contributed by atoms with Crippen LogP contribution in [0.3, 0.4) is 0 Å². The van der Waals surface area contributed by atoms with E-state index in [9.17, 15) is 4.79 Å². The Morgan fingerprint density at radius 2 is 2.17 bits per heavy atom. The first-order valence-electron chi connectivity index (χ1n) is 5.62. The summed E-state index contributed by atoms with van der Waals surface area (Å²) in [4.78, 5) is 16.2. The van der Waals surface area contributed by atoms with E-state index in [0.29, 0.717) is 10.6 Å². The summed E-state index contributed by atoms with van der Waals surface area (Å²) in [6.07, 6.45) is 3.54. The number of imidazole rings is 1. The van der Waals surface area contributed by atoms with Crippen molar-refractivity contribution in [3.8, 4) is 0 Å². The molecular weight excluding hydrogens is 250 g/mol. The van der Waals surface area contributed by atoms with E-state index < -0.39 is 0 Å². The van der Waals surface area contributed by atoms with Crippen LogP contribution in [-0.2, 0) is 7.05 Å². The lowest BCUT2D eigenvalue weighted by Crippen LogP contribution is -2.28.